The molecule has 5 heteroatoms. The van der Waals surface area contributed by atoms with E-state index in [0.29, 0.717) is 12.1 Å². The number of carbonyl (C=O) groups excluding carboxylic acids is 2. The quantitative estimate of drug-likeness (QED) is 0.889. The van der Waals surface area contributed by atoms with E-state index in [0.717, 1.165) is 18.4 Å². The number of benzene rings is 1. The first-order chi connectivity index (χ1) is 11.1. The van der Waals surface area contributed by atoms with Gasteiger partial charge in [0.2, 0.25) is 0 Å². The molecule has 1 heterocycles. The molecule has 118 valence electrons. The van der Waals surface area contributed by atoms with Crippen LogP contribution in [0.2, 0.25) is 0 Å². The van der Waals surface area contributed by atoms with E-state index >= 15 is 0 Å². The van der Waals surface area contributed by atoms with E-state index in [9.17, 15) is 9.59 Å². The molecule has 0 radical (unpaired) electrons. The van der Waals surface area contributed by atoms with Gasteiger partial charge < -0.3 is 10.6 Å². The Bertz CT molecular complexity index is 721. The first-order valence-corrected chi connectivity index (χ1v) is 7.72. The number of rotatable bonds is 5. The van der Waals surface area contributed by atoms with Crippen LogP contribution in [0.4, 0.5) is 0 Å². The zero-order valence-electron chi connectivity index (χ0n) is 13.0. The maximum absolute atomic E-state index is 12.2. The molecule has 23 heavy (non-hydrogen) atoms. The van der Waals surface area contributed by atoms with Crippen LogP contribution in [0.3, 0.4) is 0 Å². The lowest BCUT2D eigenvalue weighted by atomic mass is 10.1. The molecule has 1 aromatic carbocycles. The average molecular weight is 309 g/mol. The van der Waals surface area contributed by atoms with Gasteiger partial charge in [-0.1, -0.05) is 29.8 Å². The lowest BCUT2D eigenvalue weighted by molar-refractivity contribution is 0.0946. The Labute approximate surface area is 135 Å². The van der Waals surface area contributed by atoms with Gasteiger partial charge in [-0.05, 0) is 37.5 Å². The summed E-state index contributed by atoms with van der Waals surface area (Å²) in [5.74, 6) is -0.436. The highest BCUT2D eigenvalue weighted by Crippen LogP contribution is 2.19. The van der Waals surface area contributed by atoms with Gasteiger partial charge in [-0.2, -0.15) is 0 Å². The molecular weight excluding hydrogens is 290 g/mol. The van der Waals surface area contributed by atoms with E-state index in [-0.39, 0.29) is 23.6 Å². The van der Waals surface area contributed by atoms with Crippen molar-refractivity contribution in [3.63, 3.8) is 0 Å². The van der Waals surface area contributed by atoms with Gasteiger partial charge in [0.1, 0.15) is 5.69 Å². The standard InChI is InChI=1S/C18H19N3O2/c1-12-2-4-13(5-3-12)11-20-18(23)16-10-14(8-9-19-16)17(22)21-15-6-7-15/h2-5,8-10,15H,6-7,11H2,1H3,(H,20,23)(H,21,22). The molecule has 0 bridgehead atoms. The molecule has 2 N–H and O–H groups in total. The fourth-order valence-corrected chi connectivity index (χ4v) is 2.17. The van der Waals surface area contributed by atoms with Crippen molar-refractivity contribution in [3.05, 3.63) is 65.0 Å². The summed E-state index contributed by atoms with van der Waals surface area (Å²) in [6.07, 6.45) is 3.55. The summed E-state index contributed by atoms with van der Waals surface area (Å²) in [6.45, 7) is 2.45. The van der Waals surface area contributed by atoms with Gasteiger partial charge in [0.25, 0.3) is 11.8 Å². The summed E-state index contributed by atoms with van der Waals surface area (Å²) in [5.41, 5.74) is 2.91. The molecule has 3 rings (SSSR count). The fraction of sp³-hybridized carbons (Fsp3) is 0.278. The Morgan fingerprint density at radius 3 is 2.57 bits per heavy atom. The van der Waals surface area contributed by atoms with Gasteiger partial charge in [0, 0.05) is 24.3 Å². The first-order valence-electron chi connectivity index (χ1n) is 7.72. The van der Waals surface area contributed by atoms with Gasteiger partial charge in [0.05, 0.1) is 0 Å². The molecule has 5 nitrogen and oxygen atoms in total. The van der Waals surface area contributed by atoms with Crippen molar-refractivity contribution in [1.82, 2.24) is 15.6 Å². The third kappa shape index (κ3) is 4.16. The molecule has 2 amide bonds. The minimum absolute atomic E-state index is 0.150. The topological polar surface area (TPSA) is 71.1 Å². The van der Waals surface area contributed by atoms with Crippen LogP contribution < -0.4 is 10.6 Å². The molecule has 0 unspecified atom stereocenters. The molecule has 0 saturated heterocycles. The minimum atomic E-state index is -0.286. The first kappa shape index (κ1) is 15.2. The van der Waals surface area contributed by atoms with Crippen molar-refractivity contribution >= 4 is 11.8 Å². The molecule has 1 fully saturated rings. The van der Waals surface area contributed by atoms with E-state index in [1.165, 1.54) is 17.8 Å². The van der Waals surface area contributed by atoms with E-state index in [1.54, 1.807) is 6.07 Å². The Hall–Kier alpha value is -2.69. The molecule has 1 aliphatic rings. The van der Waals surface area contributed by atoms with Crippen molar-refractivity contribution < 1.29 is 9.59 Å². The zero-order chi connectivity index (χ0) is 16.2. The fourth-order valence-electron chi connectivity index (χ4n) is 2.17. The predicted molar refractivity (Wildman–Crippen MR) is 87.1 cm³/mol. The lowest BCUT2D eigenvalue weighted by Crippen LogP contribution is -2.27. The number of carbonyl (C=O) groups is 2. The largest absolute Gasteiger partial charge is 0.349 e. The number of nitrogens with zero attached hydrogens (tertiary/aromatic N) is 1. The number of aromatic nitrogens is 1. The maximum Gasteiger partial charge on any atom is 0.270 e. The van der Waals surface area contributed by atoms with Crippen molar-refractivity contribution in [2.24, 2.45) is 0 Å². The summed E-state index contributed by atoms with van der Waals surface area (Å²) in [5, 5.41) is 5.72. The second-order valence-electron chi connectivity index (χ2n) is 5.85. The van der Waals surface area contributed by atoms with Crippen LogP contribution in [0.25, 0.3) is 0 Å². The Morgan fingerprint density at radius 1 is 1.13 bits per heavy atom. The van der Waals surface area contributed by atoms with Crippen molar-refractivity contribution in [1.29, 1.82) is 0 Å². The number of hydrogen-bond acceptors (Lipinski definition) is 3. The third-order valence-corrected chi connectivity index (χ3v) is 3.74. The summed E-state index contributed by atoms with van der Waals surface area (Å²) < 4.78 is 0. The van der Waals surface area contributed by atoms with Gasteiger partial charge in [-0.3, -0.25) is 14.6 Å². The van der Waals surface area contributed by atoms with Crippen molar-refractivity contribution in [2.75, 3.05) is 0 Å². The lowest BCUT2D eigenvalue weighted by Gasteiger charge is -2.07. The van der Waals surface area contributed by atoms with Crippen molar-refractivity contribution in [3.8, 4) is 0 Å². The predicted octanol–water partition coefficient (Wildman–Crippen LogP) is 2.21. The SMILES string of the molecule is Cc1ccc(CNC(=O)c2cc(C(=O)NC3CC3)ccn2)cc1. The van der Waals surface area contributed by atoms with Gasteiger partial charge in [0.15, 0.2) is 0 Å². The molecular formula is C18H19N3O2. The van der Waals surface area contributed by atoms with E-state index < -0.39 is 0 Å². The highest BCUT2D eigenvalue weighted by Gasteiger charge is 2.24. The Balaban J connectivity index is 1.62. The van der Waals surface area contributed by atoms with E-state index in [1.807, 2.05) is 31.2 Å². The molecule has 1 aliphatic carbocycles. The van der Waals surface area contributed by atoms with Crippen LogP contribution in [-0.4, -0.2) is 22.8 Å². The van der Waals surface area contributed by atoms with Crippen LogP contribution in [0.1, 0.15) is 44.8 Å². The molecule has 0 atom stereocenters. The van der Waals surface area contributed by atoms with Crippen molar-refractivity contribution in [2.45, 2.75) is 32.4 Å². The zero-order valence-corrected chi connectivity index (χ0v) is 13.0. The number of amides is 2. The molecule has 0 aliphatic heterocycles. The van der Waals surface area contributed by atoms with Gasteiger partial charge in [-0.15, -0.1) is 0 Å². The number of pyridine rings is 1. The molecule has 1 saturated carbocycles. The van der Waals surface area contributed by atoms with Gasteiger partial charge in [-0.25, -0.2) is 0 Å². The monoisotopic (exact) mass is 309 g/mol. The minimum Gasteiger partial charge on any atom is -0.349 e. The summed E-state index contributed by atoms with van der Waals surface area (Å²) in [6, 6.07) is 11.4. The number of aryl methyl sites for hydroxylation is 1. The van der Waals surface area contributed by atoms with Crippen LogP contribution in [0.15, 0.2) is 42.6 Å². The van der Waals surface area contributed by atoms with E-state index in [2.05, 4.69) is 15.6 Å². The second kappa shape index (κ2) is 6.60. The normalized spacial score (nSPS) is 13.4. The van der Waals surface area contributed by atoms with E-state index in [4.69, 9.17) is 0 Å². The highest BCUT2D eigenvalue weighted by atomic mass is 16.2. The number of hydrogen-bond donors (Lipinski definition) is 2. The summed E-state index contributed by atoms with van der Waals surface area (Å²) in [4.78, 5) is 28.3. The third-order valence-electron chi connectivity index (χ3n) is 3.74. The smallest absolute Gasteiger partial charge is 0.270 e. The van der Waals surface area contributed by atoms with Gasteiger partial charge >= 0.3 is 0 Å². The molecule has 1 aromatic heterocycles. The maximum atomic E-state index is 12.2. The number of nitrogens with one attached hydrogen (secondary N) is 2. The molecule has 2 aromatic rings. The Morgan fingerprint density at radius 2 is 1.87 bits per heavy atom. The summed E-state index contributed by atoms with van der Waals surface area (Å²) in [7, 11) is 0. The van der Waals surface area contributed by atoms with Crippen LogP contribution in [-0.2, 0) is 6.54 Å². The average Bonchev–Trinajstić information content (AvgIpc) is 3.38. The Kier molecular flexibility index (Phi) is 4.37. The summed E-state index contributed by atoms with van der Waals surface area (Å²) >= 11 is 0. The second-order valence-corrected chi connectivity index (χ2v) is 5.85. The van der Waals surface area contributed by atoms with Crippen LogP contribution in [0.5, 0.6) is 0 Å². The highest BCUT2D eigenvalue weighted by molar-refractivity contribution is 5.98. The van der Waals surface area contributed by atoms with Crippen LogP contribution in [0, 0.1) is 6.92 Å². The van der Waals surface area contributed by atoms with Crippen LogP contribution >= 0.6 is 0 Å². The molecule has 0 spiro atoms.